The lowest BCUT2D eigenvalue weighted by Gasteiger charge is -2.27. The lowest BCUT2D eigenvalue weighted by atomic mass is 10.2. The van der Waals surface area contributed by atoms with Crippen LogP contribution in [0.4, 0.5) is 0 Å². The SMILES string of the molecule is CCOP(=O)(c1ccccc1)C(N/N=C/c1ccccc1)c1ccccc1. The van der Waals surface area contributed by atoms with Gasteiger partial charge >= 0.3 is 0 Å². The summed E-state index contributed by atoms with van der Waals surface area (Å²) in [5, 5.41) is 5.03. The molecule has 0 spiro atoms. The first-order chi connectivity index (χ1) is 13.2. The molecule has 0 fully saturated rings. The van der Waals surface area contributed by atoms with Gasteiger partial charge in [0, 0.05) is 5.30 Å². The first-order valence-electron chi connectivity index (χ1n) is 8.92. The molecule has 2 atom stereocenters. The summed E-state index contributed by atoms with van der Waals surface area (Å²) >= 11 is 0. The summed E-state index contributed by atoms with van der Waals surface area (Å²) in [7, 11) is -3.25. The number of hydrogen-bond acceptors (Lipinski definition) is 4. The minimum atomic E-state index is -3.25. The molecule has 1 N–H and O–H groups in total. The Morgan fingerprint density at radius 1 is 0.926 bits per heavy atom. The van der Waals surface area contributed by atoms with Crippen molar-refractivity contribution in [1.29, 1.82) is 0 Å². The third-order valence-electron chi connectivity index (χ3n) is 4.10. The van der Waals surface area contributed by atoms with Crippen molar-refractivity contribution in [2.45, 2.75) is 12.7 Å². The summed E-state index contributed by atoms with van der Waals surface area (Å²) in [6.07, 6.45) is 1.72. The van der Waals surface area contributed by atoms with Gasteiger partial charge < -0.3 is 4.52 Å². The van der Waals surface area contributed by atoms with Crippen LogP contribution in [0.1, 0.15) is 23.8 Å². The van der Waals surface area contributed by atoms with Gasteiger partial charge in [0.25, 0.3) is 7.37 Å². The molecule has 0 saturated carbocycles. The number of benzene rings is 3. The molecule has 0 amide bonds. The van der Waals surface area contributed by atoms with Gasteiger partial charge in [-0.3, -0.25) is 9.99 Å². The van der Waals surface area contributed by atoms with Crippen LogP contribution in [-0.2, 0) is 9.09 Å². The van der Waals surface area contributed by atoms with E-state index in [0.717, 1.165) is 11.1 Å². The van der Waals surface area contributed by atoms with E-state index in [2.05, 4.69) is 10.5 Å². The topological polar surface area (TPSA) is 50.7 Å². The predicted molar refractivity (Wildman–Crippen MR) is 112 cm³/mol. The zero-order valence-electron chi connectivity index (χ0n) is 15.2. The van der Waals surface area contributed by atoms with E-state index in [1.54, 1.807) is 6.21 Å². The van der Waals surface area contributed by atoms with Crippen LogP contribution in [0.3, 0.4) is 0 Å². The fourth-order valence-electron chi connectivity index (χ4n) is 2.83. The van der Waals surface area contributed by atoms with Crippen molar-refractivity contribution >= 4 is 18.9 Å². The third-order valence-corrected chi connectivity index (χ3v) is 6.86. The first-order valence-corrected chi connectivity index (χ1v) is 10.6. The second kappa shape index (κ2) is 9.31. The van der Waals surface area contributed by atoms with Crippen molar-refractivity contribution in [2.75, 3.05) is 6.61 Å². The van der Waals surface area contributed by atoms with Crippen LogP contribution < -0.4 is 10.7 Å². The second-order valence-corrected chi connectivity index (χ2v) is 8.45. The quantitative estimate of drug-likeness (QED) is 0.343. The Bertz CT molecular complexity index is 899. The molecule has 0 aliphatic rings. The van der Waals surface area contributed by atoms with Crippen molar-refractivity contribution in [3.63, 3.8) is 0 Å². The molecule has 5 heteroatoms. The Hall–Kier alpha value is -2.68. The van der Waals surface area contributed by atoms with Crippen molar-refractivity contribution in [2.24, 2.45) is 5.10 Å². The molecule has 3 rings (SSSR count). The minimum absolute atomic E-state index is 0.347. The fraction of sp³-hybridized carbons (Fsp3) is 0.136. The number of nitrogens with zero attached hydrogens (tertiary/aromatic N) is 1. The molecule has 0 saturated heterocycles. The van der Waals surface area contributed by atoms with E-state index in [0.29, 0.717) is 11.9 Å². The largest absolute Gasteiger partial charge is 0.324 e. The van der Waals surface area contributed by atoms with Crippen LogP contribution in [-0.4, -0.2) is 12.8 Å². The molecule has 138 valence electrons. The molecule has 4 nitrogen and oxygen atoms in total. The summed E-state index contributed by atoms with van der Waals surface area (Å²) in [6, 6.07) is 28.8. The summed E-state index contributed by atoms with van der Waals surface area (Å²) in [4.78, 5) is 0. The highest BCUT2D eigenvalue weighted by atomic mass is 31.2. The van der Waals surface area contributed by atoms with Gasteiger partial charge in [-0.2, -0.15) is 5.10 Å². The van der Waals surface area contributed by atoms with E-state index in [-0.39, 0.29) is 0 Å². The zero-order chi connectivity index (χ0) is 19.0. The van der Waals surface area contributed by atoms with Crippen molar-refractivity contribution < 1.29 is 9.09 Å². The molecule has 0 aliphatic carbocycles. The molecule has 0 aliphatic heterocycles. The van der Waals surface area contributed by atoms with Gasteiger partial charge in [0.1, 0.15) is 5.78 Å². The van der Waals surface area contributed by atoms with E-state index >= 15 is 0 Å². The maximum atomic E-state index is 14.0. The maximum absolute atomic E-state index is 14.0. The normalized spacial score (nSPS) is 14.6. The van der Waals surface area contributed by atoms with Crippen molar-refractivity contribution in [1.82, 2.24) is 5.43 Å². The molecule has 2 unspecified atom stereocenters. The minimum Gasteiger partial charge on any atom is -0.324 e. The Balaban J connectivity index is 1.98. The van der Waals surface area contributed by atoms with E-state index in [4.69, 9.17) is 4.52 Å². The highest BCUT2D eigenvalue weighted by molar-refractivity contribution is 7.67. The van der Waals surface area contributed by atoms with E-state index in [1.807, 2.05) is 97.9 Å². The molecule has 3 aromatic carbocycles. The lowest BCUT2D eigenvalue weighted by molar-refractivity contribution is 0.328. The molecule has 3 aromatic rings. The highest BCUT2D eigenvalue weighted by Crippen LogP contribution is 2.57. The van der Waals surface area contributed by atoms with Crippen LogP contribution in [0.15, 0.2) is 96.1 Å². The first kappa shape index (κ1) is 19.1. The van der Waals surface area contributed by atoms with Crippen LogP contribution in [0.2, 0.25) is 0 Å². The second-order valence-electron chi connectivity index (χ2n) is 5.96. The Kier molecular flexibility index (Phi) is 6.59. The molecule has 0 bridgehead atoms. The van der Waals surface area contributed by atoms with Crippen molar-refractivity contribution in [3.8, 4) is 0 Å². The summed E-state index contributed by atoms with van der Waals surface area (Å²) in [6.45, 7) is 2.20. The Morgan fingerprint density at radius 2 is 1.48 bits per heavy atom. The highest BCUT2D eigenvalue weighted by Gasteiger charge is 2.37. The van der Waals surface area contributed by atoms with E-state index < -0.39 is 13.2 Å². The van der Waals surface area contributed by atoms with Gasteiger partial charge in [-0.05, 0) is 30.2 Å². The fourth-order valence-corrected chi connectivity index (χ4v) is 5.18. The lowest BCUT2D eigenvalue weighted by Crippen LogP contribution is -2.23. The molecular formula is C22H23N2O2P. The van der Waals surface area contributed by atoms with Gasteiger partial charge in [0.2, 0.25) is 0 Å². The van der Waals surface area contributed by atoms with Crippen LogP contribution in [0, 0.1) is 0 Å². The van der Waals surface area contributed by atoms with Gasteiger partial charge in [0.15, 0.2) is 0 Å². The molecule has 27 heavy (non-hydrogen) atoms. The smallest absolute Gasteiger partial charge is 0.259 e. The Labute approximate surface area is 160 Å². The van der Waals surface area contributed by atoms with Crippen LogP contribution in [0.5, 0.6) is 0 Å². The molecular weight excluding hydrogens is 355 g/mol. The van der Waals surface area contributed by atoms with Crippen LogP contribution in [0.25, 0.3) is 0 Å². The van der Waals surface area contributed by atoms with E-state index in [1.165, 1.54) is 0 Å². The zero-order valence-corrected chi connectivity index (χ0v) is 16.1. The third kappa shape index (κ3) is 4.73. The van der Waals surface area contributed by atoms with Crippen molar-refractivity contribution in [3.05, 3.63) is 102 Å². The standard InChI is InChI=1S/C22H23N2O2P/c1-2-26-27(25,21-16-10-5-11-17-21)22(20-14-8-4-9-15-20)24-23-18-19-12-6-3-7-13-19/h3-18,22,24H,2H2,1H3/b23-18+. The Morgan fingerprint density at radius 3 is 2.07 bits per heavy atom. The summed E-state index contributed by atoms with van der Waals surface area (Å²) < 4.78 is 19.9. The predicted octanol–water partition coefficient (Wildman–Crippen LogP) is 4.95. The maximum Gasteiger partial charge on any atom is 0.259 e. The average molecular weight is 378 g/mol. The number of hydrogen-bond donors (Lipinski definition) is 1. The van der Waals surface area contributed by atoms with Gasteiger partial charge in [-0.15, -0.1) is 0 Å². The number of hydrazone groups is 1. The molecule has 0 radical (unpaired) electrons. The van der Waals surface area contributed by atoms with Gasteiger partial charge in [-0.25, -0.2) is 0 Å². The van der Waals surface area contributed by atoms with E-state index in [9.17, 15) is 4.57 Å². The molecule has 0 heterocycles. The van der Waals surface area contributed by atoms with Gasteiger partial charge in [0.05, 0.1) is 12.8 Å². The summed E-state index contributed by atoms with van der Waals surface area (Å²) in [5.74, 6) is -0.582. The average Bonchev–Trinajstić information content (AvgIpc) is 2.73. The van der Waals surface area contributed by atoms with Gasteiger partial charge in [-0.1, -0.05) is 78.9 Å². The number of rotatable bonds is 8. The number of nitrogens with one attached hydrogen (secondary N) is 1. The summed E-state index contributed by atoms with van der Waals surface area (Å²) in [5.41, 5.74) is 4.91. The molecule has 0 aromatic heterocycles. The van der Waals surface area contributed by atoms with Crippen LogP contribution >= 0.6 is 7.37 Å². The monoisotopic (exact) mass is 378 g/mol.